The predicted molar refractivity (Wildman–Crippen MR) is 33.7 cm³/mol. The fourth-order valence-corrected chi connectivity index (χ4v) is 1.31. The van der Waals surface area contributed by atoms with Crippen LogP contribution in [0.15, 0.2) is 15.2 Å². The first kappa shape index (κ1) is 5.12. The molecule has 0 saturated carbocycles. The minimum Gasteiger partial charge on any atom is -0.507 e. The Bertz CT molecular complexity index is 144. The lowest BCUT2D eigenvalue weighted by molar-refractivity contribution is 0.477. The zero-order valence-electron chi connectivity index (χ0n) is 3.39. The second kappa shape index (κ2) is 1.84. The lowest BCUT2D eigenvalue weighted by Gasteiger charge is -1.69. The summed E-state index contributed by atoms with van der Waals surface area (Å²) in [5.41, 5.74) is 0. The Morgan fingerprint density at radius 2 is 2.43 bits per heavy atom. The molecule has 1 rings (SSSR count). The molecular formula is C4H3BrOS. The summed E-state index contributed by atoms with van der Waals surface area (Å²) in [4.78, 5) is 0. The molecule has 0 bridgehead atoms. The summed E-state index contributed by atoms with van der Waals surface area (Å²) in [6.45, 7) is 0. The summed E-state index contributed by atoms with van der Waals surface area (Å²) < 4.78 is 0.963. The Kier molecular flexibility index (Phi) is 1.35. The van der Waals surface area contributed by atoms with E-state index in [4.69, 9.17) is 5.11 Å². The van der Waals surface area contributed by atoms with Crippen LogP contribution in [0.5, 0.6) is 5.75 Å². The monoisotopic (exact) mass is 178 g/mol. The van der Waals surface area contributed by atoms with E-state index in [1.807, 2.05) is 0 Å². The zero-order valence-corrected chi connectivity index (χ0v) is 5.79. The molecule has 0 radical (unpaired) electrons. The van der Waals surface area contributed by atoms with Crippen LogP contribution in [0.3, 0.4) is 0 Å². The third kappa shape index (κ3) is 1.17. The number of aromatic hydroxyl groups is 1. The van der Waals surface area contributed by atoms with E-state index in [-0.39, 0.29) is 0 Å². The summed E-state index contributed by atoms with van der Waals surface area (Å²) in [6, 6.07) is 1.66. The molecule has 1 heterocycles. The smallest absolute Gasteiger partial charge is 0.127 e. The maximum Gasteiger partial charge on any atom is 0.127 e. The average molecular weight is 179 g/mol. The molecule has 1 nitrogen and oxygen atoms in total. The van der Waals surface area contributed by atoms with Gasteiger partial charge in [0, 0.05) is 11.4 Å². The normalized spacial score (nSPS) is 9.29. The quantitative estimate of drug-likeness (QED) is 0.647. The minimum absolute atomic E-state index is 0.330. The van der Waals surface area contributed by atoms with Crippen LogP contribution >= 0.6 is 27.3 Å². The molecular weight excluding hydrogens is 176 g/mol. The Morgan fingerprint density at radius 3 is 2.57 bits per heavy atom. The van der Waals surface area contributed by atoms with Crippen molar-refractivity contribution >= 4 is 27.3 Å². The van der Waals surface area contributed by atoms with Gasteiger partial charge in [-0.05, 0) is 15.9 Å². The van der Waals surface area contributed by atoms with Crippen molar-refractivity contribution in [2.45, 2.75) is 0 Å². The fourth-order valence-electron chi connectivity index (χ4n) is 0.301. The van der Waals surface area contributed by atoms with E-state index in [9.17, 15) is 0 Å². The van der Waals surface area contributed by atoms with E-state index in [2.05, 4.69) is 15.9 Å². The molecule has 0 fully saturated rings. The molecule has 7 heavy (non-hydrogen) atoms. The van der Waals surface area contributed by atoms with Crippen molar-refractivity contribution in [3.8, 4) is 5.75 Å². The van der Waals surface area contributed by atoms with Gasteiger partial charge in [-0.15, -0.1) is 11.3 Å². The molecule has 0 atom stereocenters. The average Bonchev–Trinajstić information content (AvgIpc) is 1.87. The molecule has 3 heteroatoms. The Morgan fingerprint density at radius 1 is 1.71 bits per heavy atom. The van der Waals surface area contributed by atoms with Gasteiger partial charge in [-0.2, -0.15) is 0 Å². The highest BCUT2D eigenvalue weighted by atomic mass is 79.9. The second-order valence-electron chi connectivity index (χ2n) is 1.11. The maximum absolute atomic E-state index is 8.63. The molecule has 0 saturated heterocycles. The van der Waals surface area contributed by atoms with Crippen LogP contribution in [0.2, 0.25) is 0 Å². The van der Waals surface area contributed by atoms with Crippen LogP contribution in [0.1, 0.15) is 0 Å². The number of thiophene rings is 1. The SMILES string of the molecule is Oc1csc(Br)c1. The molecule has 38 valence electrons. The van der Waals surface area contributed by atoms with Crippen molar-refractivity contribution in [1.29, 1.82) is 0 Å². The minimum atomic E-state index is 0.330. The molecule has 0 aliphatic heterocycles. The lowest BCUT2D eigenvalue weighted by Crippen LogP contribution is -1.42. The summed E-state index contributed by atoms with van der Waals surface area (Å²) in [7, 11) is 0. The summed E-state index contributed by atoms with van der Waals surface area (Å²) in [5.74, 6) is 0.330. The topological polar surface area (TPSA) is 20.2 Å². The van der Waals surface area contributed by atoms with Gasteiger partial charge in [0.1, 0.15) is 5.75 Å². The van der Waals surface area contributed by atoms with Crippen molar-refractivity contribution in [2.75, 3.05) is 0 Å². The molecule has 1 N–H and O–H groups in total. The Labute approximate surface area is 53.7 Å². The van der Waals surface area contributed by atoms with Crippen LogP contribution in [-0.4, -0.2) is 5.11 Å². The van der Waals surface area contributed by atoms with Crippen LogP contribution in [-0.2, 0) is 0 Å². The van der Waals surface area contributed by atoms with Crippen molar-refractivity contribution in [3.63, 3.8) is 0 Å². The van der Waals surface area contributed by atoms with Crippen molar-refractivity contribution in [3.05, 3.63) is 15.2 Å². The molecule has 0 amide bonds. The number of halogens is 1. The lowest BCUT2D eigenvalue weighted by atomic mass is 10.6. The Balaban J connectivity index is 3.04. The van der Waals surface area contributed by atoms with Gasteiger partial charge in [0.15, 0.2) is 0 Å². The first-order valence-electron chi connectivity index (χ1n) is 1.72. The van der Waals surface area contributed by atoms with E-state index >= 15 is 0 Å². The van der Waals surface area contributed by atoms with E-state index in [1.54, 1.807) is 11.4 Å². The van der Waals surface area contributed by atoms with Gasteiger partial charge in [0.25, 0.3) is 0 Å². The van der Waals surface area contributed by atoms with Crippen molar-refractivity contribution in [2.24, 2.45) is 0 Å². The van der Waals surface area contributed by atoms with E-state index in [1.165, 1.54) is 11.3 Å². The van der Waals surface area contributed by atoms with Gasteiger partial charge in [0.2, 0.25) is 0 Å². The van der Waals surface area contributed by atoms with Gasteiger partial charge < -0.3 is 5.11 Å². The molecule has 1 aromatic rings. The first-order chi connectivity index (χ1) is 3.29. The summed E-state index contributed by atoms with van der Waals surface area (Å²) in [5, 5.41) is 10.3. The summed E-state index contributed by atoms with van der Waals surface area (Å²) >= 11 is 4.66. The highest BCUT2D eigenvalue weighted by Gasteiger charge is 1.88. The largest absolute Gasteiger partial charge is 0.507 e. The molecule has 0 aromatic carbocycles. The predicted octanol–water partition coefficient (Wildman–Crippen LogP) is 2.22. The molecule has 1 aromatic heterocycles. The Hall–Kier alpha value is -0.0200. The van der Waals surface area contributed by atoms with Gasteiger partial charge in [-0.3, -0.25) is 0 Å². The third-order valence-corrected chi connectivity index (χ3v) is 2.05. The van der Waals surface area contributed by atoms with E-state index in [0.717, 1.165) is 3.79 Å². The molecule has 0 aliphatic rings. The second-order valence-corrected chi connectivity index (χ2v) is 3.40. The third-order valence-electron chi connectivity index (χ3n) is 0.554. The number of hydrogen-bond acceptors (Lipinski definition) is 2. The maximum atomic E-state index is 8.63. The highest BCUT2D eigenvalue weighted by molar-refractivity contribution is 9.11. The number of rotatable bonds is 0. The van der Waals surface area contributed by atoms with E-state index in [0.29, 0.717) is 5.75 Å². The molecule has 0 unspecified atom stereocenters. The molecule has 0 aliphatic carbocycles. The molecule has 0 spiro atoms. The van der Waals surface area contributed by atoms with Gasteiger partial charge >= 0.3 is 0 Å². The van der Waals surface area contributed by atoms with Crippen LogP contribution in [0, 0.1) is 0 Å². The highest BCUT2D eigenvalue weighted by Crippen LogP contribution is 2.24. The first-order valence-corrected chi connectivity index (χ1v) is 3.39. The van der Waals surface area contributed by atoms with E-state index < -0.39 is 0 Å². The number of hydrogen-bond donors (Lipinski definition) is 1. The van der Waals surface area contributed by atoms with Crippen LogP contribution < -0.4 is 0 Å². The van der Waals surface area contributed by atoms with Crippen molar-refractivity contribution < 1.29 is 5.11 Å². The van der Waals surface area contributed by atoms with Gasteiger partial charge in [0.05, 0.1) is 3.79 Å². The standard InChI is InChI=1S/C4H3BrOS/c5-4-1-3(6)2-7-4/h1-2,6H. The van der Waals surface area contributed by atoms with Crippen molar-refractivity contribution in [1.82, 2.24) is 0 Å². The fraction of sp³-hybridized carbons (Fsp3) is 0. The van der Waals surface area contributed by atoms with Crippen LogP contribution in [0.4, 0.5) is 0 Å². The van der Waals surface area contributed by atoms with Gasteiger partial charge in [-0.1, -0.05) is 0 Å². The summed E-state index contributed by atoms with van der Waals surface area (Å²) in [6.07, 6.45) is 0. The zero-order chi connectivity index (χ0) is 5.28. The van der Waals surface area contributed by atoms with Crippen LogP contribution in [0.25, 0.3) is 0 Å². The van der Waals surface area contributed by atoms with Gasteiger partial charge in [-0.25, -0.2) is 0 Å².